The van der Waals surface area contributed by atoms with E-state index in [-0.39, 0.29) is 0 Å². The third-order valence-electron chi connectivity index (χ3n) is 0.879. The van der Waals surface area contributed by atoms with Crippen molar-refractivity contribution < 1.29 is 31.1 Å². The van der Waals surface area contributed by atoms with E-state index in [0.29, 0.717) is 0 Å². The zero-order chi connectivity index (χ0) is 9.12. The summed E-state index contributed by atoms with van der Waals surface area (Å²) in [5.74, 6) is -4.51. The zero-order valence-electron chi connectivity index (χ0n) is 5.09. The lowest BCUT2D eigenvalue weighted by Crippen LogP contribution is -2.45. The molecule has 0 aromatic rings. The molecule has 0 rings (SSSR count). The van der Waals surface area contributed by atoms with E-state index in [4.69, 9.17) is 0 Å². The van der Waals surface area contributed by atoms with Gasteiger partial charge in [0.25, 0.3) is 0 Å². The van der Waals surface area contributed by atoms with Crippen LogP contribution in [0, 0.1) is 0 Å². The Labute approximate surface area is 57.9 Å². The summed E-state index contributed by atoms with van der Waals surface area (Å²) in [5.41, 5.74) is 0. The fraction of sp³-hybridized carbons (Fsp3) is 1.00. The van der Waals surface area contributed by atoms with E-state index in [1.165, 1.54) is 0 Å². The number of alkyl halides is 6. The molecule has 0 saturated carbocycles. The molecule has 1 nitrogen and oxygen atoms in total. The van der Waals surface area contributed by atoms with Crippen molar-refractivity contribution >= 4 is 0 Å². The summed E-state index contributed by atoms with van der Waals surface area (Å²) in [5, 5.41) is 0. The van der Waals surface area contributed by atoms with Crippen LogP contribution in [0.25, 0.3) is 0 Å². The SMILES string of the molecule is FCOC(F)(CF)C(F)(F)F. The average Bonchev–Trinajstić information content (AvgIpc) is 1.86. The molecular formula is C4H4F6O. The maximum atomic E-state index is 12.1. The summed E-state index contributed by atoms with van der Waals surface area (Å²) in [6, 6.07) is 0. The van der Waals surface area contributed by atoms with Gasteiger partial charge < -0.3 is 4.74 Å². The van der Waals surface area contributed by atoms with E-state index in [2.05, 4.69) is 4.74 Å². The van der Waals surface area contributed by atoms with E-state index < -0.39 is 25.6 Å². The van der Waals surface area contributed by atoms with Gasteiger partial charge in [0.1, 0.15) is 0 Å². The Kier molecular flexibility index (Phi) is 3.15. The minimum atomic E-state index is -5.55. The van der Waals surface area contributed by atoms with Crippen LogP contribution in [0.4, 0.5) is 26.3 Å². The van der Waals surface area contributed by atoms with Crippen molar-refractivity contribution in [3.63, 3.8) is 0 Å². The molecule has 0 fully saturated rings. The predicted molar refractivity (Wildman–Crippen MR) is 22.9 cm³/mol. The Morgan fingerprint density at radius 3 is 1.55 bits per heavy atom. The van der Waals surface area contributed by atoms with Crippen molar-refractivity contribution in [2.24, 2.45) is 0 Å². The van der Waals surface area contributed by atoms with Crippen LogP contribution in [0.1, 0.15) is 0 Å². The highest BCUT2D eigenvalue weighted by molar-refractivity contribution is 4.75. The standard InChI is InChI=1S/C4H4F6O/c5-1-3(7,11-2-6)4(8,9)10/h1-2H2. The molecule has 0 N–H and O–H groups in total. The second-order valence-electron chi connectivity index (χ2n) is 1.61. The molecule has 0 saturated heterocycles. The molecule has 68 valence electrons. The third kappa shape index (κ3) is 2.25. The van der Waals surface area contributed by atoms with Crippen LogP contribution in [0.3, 0.4) is 0 Å². The Morgan fingerprint density at radius 2 is 1.45 bits per heavy atom. The lowest BCUT2D eigenvalue weighted by atomic mass is 10.3. The maximum Gasteiger partial charge on any atom is 0.451 e. The summed E-state index contributed by atoms with van der Waals surface area (Å²) < 4.78 is 71.5. The topological polar surface area (TPSA) is 9.23 Å². The van der Waals surface area contributed by atoms with Crippen LogP contribution in [0.2, 0.25) is 0 Å². The van der Waals surface area contributed by atoms with Crippen LogP contribution in [-0.4, -0.2) is 25.6 Å². The quantitative estimate of drug-likeness (QED) is 0.607. The van der Waals surface area contributed by atoms with Crippen LogP contribution in [-0.2, 0) is 4.74 Å². The molecule has 0 aliphatic rings. The van der Waals surface area contributed by atoms with Crippen molar-refractivity contribution in [3.05, 3.63) is 0 Å². The van der Waals surface area contributed by atoms with Gasteiger partial charge in [0, 0.05) is 0 Å². The van der Waals surface area contributed by atoms with Gasteiger partial charge in [0.2, 0.25) is 0 Å². The van der Waals surface area contributed by atoms with Crippen LogP contribution in [0.5, 0.6) is 0 Å². The fourth-order valence-electron chi connectivity index (χ4n) is 0.283. The highest BCUT2D eigenvalue weighted by atomic mass is 19.4. The van der Waals surface area contributed by atoms with E-state index in [1.807, 2.05) is 0 Å². The zero-order valence-corrected chi connectivity index (χ0v) is 5.09. The maximum absolute atomic E-state index is 12.1. The fourth-order valence-corrected chi connectivity index (χ4v) is 0.283. The number of ether oxygens (including phenoxy) is 1. The molecule has 11 heavy (non-hydrogen) atoms. The molecule has 0 aromatic heterocycles. The van der Waals surface area contributed by atoms with Crippen molar-refractivity contribution in [2.75, 3.05) is 13.5 Å². The van der Waals surface area contributed by atoms with E-state index in [9.17, 15) is 26.3 Å². The minimum absolute atomic E-state index is 2.03. The van der Waals surface area contributed by atoms with Gasteiger partial charge >= 0.3 is 12.0 Å². The Hall–Kier alpha value is -0.460. The smallest absolute Gasteiger partial charge is 0.305 e. The first-order chi connectivity index (χ1) is 4.87. The summed E-state index contributed by atoms with van der Waals surface area (Å²) in [6.07, 6.45) is -5.55. The van der Waals surface area contributed by atoms with E-state index >= 15 is 0 Å². The minimum Gasteiger partial charge on any atom is -0.305 e. The normalized spacial score (nSPS) is 18.0. The lowest BCUT2D eigenvalue weighted by Gasteiger charge is -2.22. The van der Waals surface area contributed by atoms with Crippen LogP contribution in [0.15, 0.2) is 0 Å². The molecule has 0 spiro atoms. The van der Waals surface area contributed by atoms with Crippen molar-refractivity contribution in [1.29, 1.82) is 0 Å². The number of hydrogen-bond donors (Lipinski definition) is 0. The van der Waals surface area contributed by atoms with Crippen LogP contribution >= 0.6 is 0 Å². The van der Waals surface area contributed by atoms with Crippen molar-refractivity contribution in [1.82, 2.24) is 0 Å². The first kappa shape index (κ1) is 10.5. The summed E-state index contributed by atoms with van der Waals surface area (Å²) >= 11 is 0. The Bertz CT molecular complexity index is 122. The third-order valence-corrected chi connectivity index (χ3v) is 0.879. The predicted octanol–water partition coefficient (Wildman–Crippen LogP) is 2.13. The van der Waals surface area contributed by atoms with Gasteiger partial charge in [-0.15, -0.1) is 0 Å². The van der Waals surface area contributed by atoms with Gasteiger partial charge in [-0.2, -0.15) is 17.6 Å². The average molecular weight is 182 g/mol. The van der Waals surface area contributed by atoms with E-state index in [1.54, 1.807) is 0 Å². The lowest BCUT2D eigenvalue weighted by molar-refractivity contribution is -0.344. The Balaban J connectivity index is 4.33. The van der Waals surface area contributed by atoms with Gasteiger partial charge in [-0.25, -0.2) is 8.78 Å². The highest BCUT2D eigenvalue weighted by Crippen LogP contribution is 2.35. The molecule has 0 bridgehead atoms. The second-order valence-corrected chi connectivity index (χ2v) is 1.61. The number of halogens is 6. The molecule has 1 unspecified atom stereocenters. The van der Waals surface area contributed by atoms with Gasteiger partial charge in [-0.1, -0.05) is 0 Å². The number of hydrogen-bond acceptors (Lipinski definition) is 1. The number of rotatable bonds is 3. The molecule has 0 aliphatic heterocycles. The first-order valence-corrected chi connectivity index (χ1v) is 2.39. The van der Waals surface area contributed by atoms with E-state index in [0.717, 1.165) is 0 Å². The van der Waals surface area contributed by atoms with Crippen molar-refractivity contribution in [2.45, 2.75) is 12.0 Å². The first-order valence-electron chi connectivity index (χ1n) is 2.39. The van der Waals surface area contributed by atoms with Crippen molar-refractivity contribution in [3.8, 4) is 0 Å². The molecule has 7 heteroatoms. The Morgan fingerprint density at radius 1 is 1.00 bits per heavy atom. The molecule has 0 radical (unpaired) electrons. The summed E-state index contributed by atoms with van der Waals surface area (Å²) in [7, 11) is 0. The molecular weight excluding hydrogens is 178 g/mol. The molecule has 1 atom stereocenters. The van der Waals surface area contributed by atoms with Gasteiger partial charge in [0.15, 0.2) is 13.5 Å². The monoisotopic (exact) mass is 182 g/mol. The van der Waals surface area contributed by atoms with Gasteiger partial charge in [-0.05, 0) is 0 Å². The molecule has 0 amide bonds. The summed E-state index contributed by atoms with van der Waals surface area (Å²) in [6.45, 7) is -4.49. The summed E-state index contributed by atoms with van der Waals surface area (Å²) in [4.78, 5) is 0. The van der Waals surface area contributed by atoms with Gasteiger partial charge in [-0.3, -0.25) is 0 Å². The molecule has 0 heterocycles. The molecule has 0 aromatic carbocycles. The highest BCUT2D eigenvalue weighted by Gasteiger charge is 2.58. The second kappa shape index (κ2) is 3.29. The molecule has 0 aliphatic carbocycles. The largest absolute Gasteiger partial charge is 0.451 e. The van der Waals surface area contributed by atoms with Gasteiger partial charge in [0.05, 0.1) is 0 Å². The van der Waals surface area contributed by atoms with Crippen LogP contribution < -0.4 is 0 Å².